The van der Waals surface area contributed by atoms with Gasteiger partial charge in [-0.3, -0.25) is 0 Å². The van der Waals surface area contributed by atoms with Gasteiger partial charge >= 0.3 is 11.3 Å². The monoisotopic (exact) mass is 214 g/mol. The SMILES string of the molecule is C[SH](C(=O)O)c1ccccc1C(=O)O. The lowest BCUT2D eigenvalue weighted by atomic mass is 10.2. The number of benzene rings is 1. The van der Waals surface area contributed by atoms with Crippen LogP contribution in [0.4, 0.5) is 4.79 Å². The van der Waals surface area contributed by atoms with Crippen LogP contribution in [0.15, 0.2) is 29.2 Å². The molecule has 0 radical (unpaired) electrons. The number of hydrogen-bond donors (Lipinski definition) is 3. The Labute approximate surface area is 83.5 Å². The van der Waals surface area contributed by atoms with Crippen LogP contribution in [0, 0.1) is 0 Å². The van der Waals surface area contributed by atoms with Crippen molar-refractivity contribution < 1.29 is 19.8 Å². The third kappa shape index (κ3) is 2.05. The summed E-state index contributed by atoms with van der Waals surface area (Å²) in [4.78, 5) is 21.9. The van der Waals surface area contributed by atoms with Gasteiger partial charge in [0.05, 0.1) is 5.56 Å². The van der Waals surface area contributed by atoms with Crippen molar-refractivity contribution in [1.29, 1.82) is 0 Å². The molecule has 1 atom stereocenters. The van der Waals surface area contributed by atoms with Gasteiger partial charge in [-0.2, -0.15) is 0 Å². The zero-order valence-electron chi connectivity index (χ0n) is 7.47. The van der Waals surface area contributed by atoms with Crippen LogP contribution in [0.5, 0.6) is 0 Å². The van der Waals surface area contributed by atoms with E-state index in [-0.39, 0.29) is 5.56 Å². The molecular formula is C9H10O4S. The Morgan fingerprint density at radius 2 is 1.79 bits per heavy atom. The fraction of sp³-hybridized carbons (Fsp3) is 0.111. The smallest absolute Gasteiger partial charge is 0.348 e. The van der Waals surface area contributed by atoms with E-state index in [1.807, 2.05) is 0 Å². The highest BCUT2D eigenvalue weighted by Gasteiger charge is 2.16. The van der Waals surface area contributed by atoms with Crippen LogP contribution in [-0.2, 0) is 0 Å². The average molecular weight is 214 g/mol. The summed E-state index contributed by atoms with van der Waals surface area (Å²) in [7, 11) is -1.45. The van der Waals surface area contributed by atoms with Gasteiger partial charge in [-0.25, -0.2) is 9.59 Å². The lowest BCUT2D eigenvalue weighted by molar-refractivity contribution is 0.0693. The molecule has 4 nitrogen and oxygen atoms in total. The van der Waals surface area contributed by atoms with Crippen molar-refractivity contribution in [3.05, 3.63) is 29.8 Å². The van der Waals surface area contributed by atoms with Crippen molar-refractivity contribution in [3.63, 3.8) is 0 Å². The van der Waals surface area contributed by atoms with E-state index in [2.05, 4.69) is 0 Å². The third-order valence-corrected chi connectivity index (χ3v) is 3.47. The molecule has 0 amide bonds. The summed E-state index contributed by atoms with van der Waals surface area (Å²) in [5.74, 6) is -1.09. The van der Waals surface area contributed by atoms with Crippen molar-refractivity contribution in [3.8, 4) is 0 Å². The van der Waals surface area contributed by atoms with Gasteiger partial charge in [0.25, 0.3) is 0 Å². The molecule has 0 saturated carbocycles. The lowest BCUT2D eigenvalue weighted by Crippen LogP contribution is -2.03. The normalized spacial score (nSPS) is 13.4. The van der Waals surface area contributed by atoms with Crippen LogP contribution in [0.25, 0.3) is 0 Å². The summed E-state index contributed by atoms with van der Waals surface area (Å²) in [5.41, 5.74) is 0.0727. The van der Waals surface area contributed by atoms with Gasteiger partial charge in [-0.15, -0.1) is 10.9 Å². The maximum atomic E-state index is 10.8. The molecule has 0 aliphatic carbocycles. The second kappa shape index (κ2) is 4.15. The van der Waals surface area contributed by atoms with Gasteiger partial charge in [0.15, 0.2) is 0 Å². The predicted molar refractivity (Wildman–Crippen MR) is 54.6 cm³/mol. The summed E-state index contributed by atoms with van der Waals surface area (Å²) in [6.45, 7) is 0. The minimum Gasteiger partial charge on any atom is -0.478 e. The van der Waals surface area contributed by atoms with Gasteiger partial charge in [-0.1, -0.05) is 12.1 Å². The van der Waals surface area contributed by atoms with E-state index in [0.29, 0.717) is 4.90 Å². The Kier molecular flexibility index (Phi) is 3.14. The van der Waals surface area contributed by atoms with Gasteiger partial charge < -0.3 is 10.2 Å². The number of carboxylic acids is 1. The number of carbonyl (C=O) groups is 2. The molecule has 0 spiro atoms. The van der Waals surface area contributed by atoms with Crippen molar-refractivity contribution in [2.75, 3.05) is 6.26 Å². The Bertz CT molecular complexity index is 375. The van der Waals surface area contributed by atoms with E-state index in [4.69, 9.17) is 10.2 Å². The van der Waals surface area contributed by atoms with Crippen LogP contribution < -0.4 is 0 Å². The zero-order valence-corrected chi connectivity index (χ0v) is 8.36. The summed E-state index contributed by atoms with van der Waals surface area (Å²) in [6.07, 6.45) is 1.53. The summed E-state index contributed by atoms with van der Waals surface area (Å²) >= 11 is 0. The van der Waals surface area contributed by atoms with E-state index in [0.717, 1.165) is 0 Å². The molecule has 0 heterocycles. The minimum absolute atomic E-state index is 0.0727. The summed E-state index contributed by atoms with van der Waals surface area (Å²) in [5, 5.41) is 16.6. The summed E-state index contributed by atoms with van der Waals surface area (Å²) in [6, 6.07) is 6.18. The molecule has 0 saturated heterocycles. The van der Waals surface area contributed by atoms with Crippen molar-refractivity contribution in [2.45, 2.75) is 4.90 Å². The molecule has 0 aromatic heterocycles. The van der Waals surface area contributed by atoms with E-state index in [1.165, 1.54) is 12.3 Å². The molecule has 5 heteroatoms. The molecule has 14 heavy (non-hydrogen) atoms. The molecule has 0 aliphatic rings. The van der Waals surface area contributed by atoms with Gasteiger partial charge in [0, 0.05) is 4.90 Å². The van der Waals surface area contributed by atoms with Crippen LogP contribution in [0.1, 0.15) is 10.4 Å². The van der Waals surface area contributed by atoms with E-state index >= 15 is 0 Å². The fourth-order valence-electron chi connectivity index (χ4n) is 1.05. The molecule has 2 N–H and O–H groups in total. The Balaban J connectivity index is 3.19. The number of hydrogen-bond acceptors (Lipinski definition) is 2. The third-order valence-electron chi connectivity index (χ3n) is 1.78. The molecule has 1 aromatic carbocycles. The van der Waals surface area contributed by atoms with Crippen LogP contribution in [-0.4, -0.2) is 27.7 Å². The van der Waals surface area contributed by atoms with Crippen molar-refractivity contribution in [1.82, 2.24) is 0 Å². The van der Waals surface area contributed by atoms with E-state index < -0.39 is 22.2 Å². The molecule has 1 rings (SSSR count). The standard InChI is InChI=1S/C9H10O4S/c1-14(9(12)13)7-5-3-2-4-6(7)8(10)11/h2-5,14H,1H3,(H,10,11)(H,12,13). The quantitative estimate of drug-likeness (QED) is 0.659. The first-order valence-electron chi connectivity index (χ1n) is 3.83. The fourth-order valence-corrected chi connectivity index (χ4v) is 2.10. The minimum atomic E-state index is -1.45. The number of rotatable bonds is 2. The molecular weight excluding hydrogens is 204 g/mol. The first-order chi connectivity index (χ1) is 6.54. The Morgan fingerprint density at radius 1 is 1.21 bits per heavy atom. The highest BCUT2D eigenvalue weighted by atomic mass is 32.2. The second-order valence-corrected chi connectivity index (χ2v) is 4.65. The van der Waals surface area contributed by atoms with E-state index in [9.17, 15) is 9.59 Å². The van der Waals surface area contributed by atoms with Gasteiger partial charge in [0.1, 0.15) is 0 Å². The summed E-state index contributed by atoms with van der Waals surface area (Å²) < 4.78 is 0. The number of aromatic carboxylic acids is 1. The zero-order chi connectivity index (χ0) is 10.7. The first-order valence-corrected chi connectivity index (χ1v) is 5.62. The van der Waals surface area contributed by atoms with E-state index in [1.54, 1.807) is 18.2 Å². The second-order valence-electron chi connectivity index (χ2n) is 2.66. The van der Waals surface area contributed by atoms with Crippen LogP contribution >= 0.6 is 10.9 Å². The maximum absolute atomic E-state index is 10.8. The molecule has 1 unspecified atom stereocenters. The number of carboxylic acid groups (broad SMARTS) is 2. The predicted octanol–water partition coefficient (Wildman–Crippen LogP) is 2.05. The molecule has 76 valence electrons. The Morgan fingerprint density at radius 3 is 2.29 bits per heavy atom. The number of thiol groups is 1. The molecule has 0 aliphatic heterocycles. The molecule has 1 aromatic rings. The first kappa shape index (κ1) is 10.6. The molecule has 0 bridgehead atoms. The average Bonchev–Trinajstić information content (AvgIpc) is 2.16. The van der Waals surface area contributed by atoms with Crippen molar-refractivity contribution in [2.24, 2.45) is 0 Å². The molecule has 0 fully saturated rings. The largest absolute Gasteiger partial charge is 0.478 e. The topological polar surface area (TPSA) is 74.6 Å². The Hall–Kier alpha value is -1.49. The highest BCUT2D eigenvalue weighted by Crippen LogP contribution is 2.35. The van der Waals surface area contributed by atoms with Crippen LogP contribution in [0.2, 0.25) is 0 Å². The van der Waals surface area contributed by atoms with Gasteiger partial charge in [0.2, 0.25) is 0 Å². The van der Waals surface area contributed by atoms with Crippen molar-refractivity contribution >= 4 is 22.2 Å². The van der Waals surface area contributed by atoms with Gasteiger partial charge in [-0.05, 0) is 18.4 Å². The maximum Gasteiger partial charge on any atom is 0.348 e. The highest BCUT2D eigenvalue weighted by molar-refractivity contribution is 8.29. The lowest BCUT2D eigenvalue weighted by Gasteiger charge is -2.12. The van der Waals surface area contributed by atoms with Crippen LogP contribution in [0.3, 0.4) is 0 Å².